The number of rotatable bonds is 4. The summed E-state index contributed by atoms with van der Waals surface area (Å²) in [5, 5.41) is 5.20. The largest absolute Gasteiger partial charge is 0.464 e. The Kier molecular flexibility index (Phi) is 5.60. The van der Waals surface area contributed by atoms with E-state index in [1.165, 1.54) is 6.08 Å². The first-order valence-corrected chi connectivity index (χ1v) is 7.76. The number of carbonyl (C=O) groups is 3. The van der Waals surface area contributed by atoms with Crippen LogP contribution in [0.2, 0.25) is 0 Å². The molecular formula is C15H16N2O4S. The van der Waals surface area contributed by atoms with Gasteiger partial charge in [0.05, 0.1) is 11.5 Å². The first-order chi connectivity index (χ1) is 10.6. The highest BCUT2D eigenvalue weighted by molar-refractivity contribution is 8.04. The lowest BCUT2D eigenvalue weighted by Gasteiger charge is -2.22. The highest BCUT2D eigenvalue weighted by atomic mass is 32.2. The molecule has 0 unspecified atom stereocenters. The molecule has 1 fully saturated rings. The summed E-state index contributed by atoms with van der Waals surface area (Å²) in [5.41, 5.74) is 0.648. The van der Waals surface area contributed by atoms with Gasteiger partial charge >= 0.3 is 5.97 Å². The predicted octanol–water partition coefficient (Wildman–Crippen LogP) is 1.30. The fraction of sp³-hybridized carbons (Fsp3) is 0.267. The summed E-state index contributed by atoms with van der Waals surface area (Å²) in [5.74, 6) is -0.957. The maximum atomic E-state index is 11.9. The summed E-state index contributed by atoms with van der Waals surface area (Å²) >= 11 is 1.16. The molecule has 0 saturated carbocycles. The summed E-state index contributed by atoms with van der Waals surface area (Å²) in [6, 6.07) is 8.27. The molecular weight excluding hydrogens is 304 g/mol. The van der Waals surface area contributed by atoms with Crippen molar-refractivity contribution in [1.82, 2.24) is 5.32 Å². The average Bonchev–Trinajstić information content (AvgIpc) is 2.50. The Balaban J connectivity index is 1.94. The van der Waals surface area contributed by atoms with Crippen LogP contribution in [0.1, 0.15) is 6.92 Å². The molecule has 1 atom stereocenters. The molecule has 6 nitrogen and oxygen atoms in total. The summed E-state index contributed by atoms with van der Waals surface area (Å²) in [6.45, 7) is 1.97. The maximum absolute atomic E-state index is 11.9. The van der Waals surface area contributed by atoms with Gasteiger partial charge in [0.15, 0.2) is 0 Å². The highest BCUT2D eigenvalue weighted by Crippen LogP contribution is 2.22. The minimum Gasteiger partial charge on any atom is -0.464 e. The van der Waals surface area contributed by atoms with Crippen LogP contribution < -0.4 is 10.6 Å². The monoisotopic (exact) mass is 320 g/mol. The van der Waals surface area contributed by atoms with Crippen LogP contribution in [0.3, 0.4) is 0 Å². The minimum atomic E-state index is -0.674. The number of para-hydroxylation sites is 1. The number of carbonyl (C=O) groups excluding carboxylic acids is 3. The molecule has 0 radical (unpaired) electrons. The van der Waals surface area contributed by atoms with Crippen LogP contribution in [0.15, 0.2) is 41.3 Å². The van der Waals surface area contributed by atoms with E-state index in [9.17, 15) is 14.4 Å². The third-order valence-corrected chi connectivity index (χ3v) is 3.92. The van der Waals surface area contributed by atoms with Crippen LogP contribution >= 0.6 is 11.8 Å². The smallest absolute Gasteiger partial charge is 0.329 e. The molecule has 116 valence electrons. The number of thioether (sulfide) groups is 1. The van der Waals surface area contributed by atoms with Crippen LogP contribution in [0, 0.1) is 0 Å². The van der Waals surface area contributed by atoms with Crippen LogP contribution in [-0.2, 0) is 19.1 Å². The second kappa shape index (κ2) is 7.65. The Labute approximate surface area is 132 Å². The van der Waals surface area contributed by atoms with Gasteiger partial charge in [-0.25, -0.2) is 4.79 Å². The van der Waals surface area contributed by atoms with E-state index in [2.05, 4.69) is 10.6 Å². The van der Waals surface area contributed by atoms with E-state index in [1.807, 2.05) is 6.07 Å². The molecule has 2 rings (SSSR count). The number of anilines is 1. The molecule has 2 amide bonds. The van der Waals surface area contributed by atoms with Gasteiger partial charge in [-0.2, -0.15) is 0 Å². The molecule has 0 bridgehead atoms. The number of nitrogens with one attached hydrogen (secondary N) is 2. The highest BCUT2D eigenvalue weighted by Gasteiger charge is 2.29. The first-order valence-electron chi connectivity index (χ1n) is 6.78. The van der Waals surface area contributed by atoms with Crippen molar-refractivity contribution in [2.75, 3.05) is 17.7 Å². The molecule has 1 saturated heterocycles. The summed E-state index contributed by atoms with van der Waals surface area (Å²) in [6.07, 6.45) is 1.23. The van der Waals surface area contributed by atoms with E-state index in [1.54, 1.807) is 31.2 Å². The number of amides is 2. The van der Waals surface area contributed by atoms with Crippen molar-refractivity contribution in [2.45, 2.75) is 13.0 Å². The third kappa shape index (κ3) is 4.36. The lowest BCUT2D eigenvalue weighted by Crippen LogP contribution is -2.47. The molecule has 22 heavy (non-hydrogen) atoms. The summed E-state index contributed by atoms with van der Waals surface area (Å²) in [4.78, 5) is 35.6. The summed E-state index contributed by atoms with van der Waals surface area (Å²) in [7, 11) is 0. The quantitative estimate of drug-likeness (QED) is 0.645. The third-order valence-electron chi connectivity index (χ3n) is 2.81. The van der Waals surface area contributed by atoms with E-state index < -0.39 is 23.8 Å². The van der Waals surface area contributed by atoms with Gasteiger partial charge in [0.2, 0.25) is 5.91 Å². The van der Waals surface area contributed by atoms with E-state index in [-0.39, 0.29) is 11.5 Å². The molecule has 1 aromatic rings. The Morgan fingerprint density at radius 3 is 2.77 bits per heavy atom. The van der Waals surface area contributed by atoms with Crippen molar-refractivity contribution in [3.05, 3.63) is 41.3 Å². The Morgan fingerprint density at radius 2 is 2.14 bits per heavy atom. The topological polar surface area (TPSA) is 84.5 Å². The second-order valence-electron chi connectivity index (χ2n) is 4.45. The Hall–Kier alpha value is -2.28. The van der Waals surface area contributed by atoms with Crippen molar-refractivity contribution in [3.8, 4) is 0 Å². The van der Waals surface area contributed by atoms with Crippen molar-refractivity contribution >= 4 is 35.2 Å². The molecule has 0 spiro atoms. The van der Waals surface area contributed by atoms with Gasteiger partial charge in [0, 0.05) is 17.5 Å². The van der Waals surface area contributed by atoms with Gasteiger partial charge in [0.25, 0.3) is 5.91 Å². The standard InChI is InChI=1S/C15H16N2O4S/c1-2-21-15(20)11-9-22-12(14(19)17-11)8-13(18)16-10-6-4-3-5-7-10/h3-8,11H,2,9H2,1H3,(H,16,18)(H,17,19)/b12-8+/t11-/m0/s1. The molecule has 1 aliphatic rings. The van der Waals surface area contributed by atoms with Gasteiger partial charge in [-0.1, -0.05) is 18.2 Å². The summed E-state index contributed by atoms with van der Waals surface area (Å²) < 4.78 is 4.86. The number of esters is 1. The van der Waals surface area contributed by atoms with Gasteiger partial charge in [-0.05, 0) is 19.1 Å². The fourth-order valence-corrected chi connectivity index (χ4v) is 2.75. The zero-order valence-corrected chi connectivity index (χ0v) is 12.8. The SMILES string of the molecule is CCOC(=O)[C@@H]1CS/C(=C/C(=O)Nc2ccccc2)C(=O)N1. The van der Waals surface area contributed by atoms with E-state index in [0.717, 1.165) is 11.8 Å². The Bertz CT molecular complexity index is 601. The van der Waals surface area contributed by atoms with Crippen molar-refractivity contribution in [1.29, 1.82) is 0 Å². The van der Waals surface area contributed by atoms with Crippen LogP contribution in [-0.4, -0.2) is 36.2 Å². The van der Waals surface area contributed by atoms with Crippen LogP contribution in [0.25, 0.3) is 0 Å². The number of ether oxygens (including phenoxy) is 1. The maximum Gasteiger partial charge on any atom is 0.329 e. The first kappa shape index (κ1) is 16.1. The molecule has 1 aliphatic heterocycles. The molecule has 7 heteroatoms. The zero-order chi connectivity index (χ0) is 15.9. The van der Waals surface area contributed by atoms with E-state index in [0.29, 0.717) is 11.4 Å². The average molecular weight is 320 g/mol. The molecule has 0 aliphatic carbocycles. The number of hydrogen-bond donors (Lipinski definition) is 2. The molecule has 1 heterocycles. The van der Waals surface area contributed by atoms with Gasteiger partial charge in [-0.15, -0.1) is 11.8 Å². The van der Waals surface area contributed by atoms with E-state index in [4.69, 9.17) is 4.74 Å². The van der Waals surface area contributed by atoms with Crippen molar-refractivity contribution in [3.63, 3.8) is 0 Å². The zero-order valence-electron chi connectivity index (χ0n) is 12.0. The lowest BCUT2D eigenvalue weighted by atomic mass is 10.3. The molecule has 1 aromatic carbocycles. The Morgan fingerprint density at radius 1 is 1.41 bits per heavy atom. The molecule has 2 N–H and O–H groups in total. The van der Waals surface area contributed by atoms with Gasteiger partial charge in [0.1, 0.15) is 6.04 Å². The number of benzene rings is 1. The van der Waals surface area contributed by atoms with Gasteiger partial charge in [-0.3, -0.25) is 9.59 Å². The van der Waals surface area contributed by atoms with E-state index >= 15 is 0 Å². The minimum absolute atomic E-state index is 0.262. The van der Waals surface area contributed by atoms with Crippen LogP contribution in [0.4, 0.5) is 5.69 Å². The number of hydrogen-bond acceptors (Lipinski definition) is 5. The normalized spacial score (nSPS) is 19.4. The molecule has 0 aromatic heterocycles. The van der Waals surface area contributed by atoms with Crippen molar-refractivity contribution in [2.24, 2.45) is 0 Å². The van der Waals surface area contributed by atoms with Gasteiger partial charge < -0.3 is 15.4 Å². The van der Waals surface area contributed by atoms with Crippen LogP contribution in [0.5, 0.6) is 0 Å². The van der Waals surface area contributed by atoms with Crippen molar-refractivity contribution < 1.29 is 19.1 Å². The lowest BCUT2D eigenvalue weighted by molar-refractivity contribution is -0.146. The second-order valence-corrected chi connectivity index (χ2v) is 5.51. The fourth-order valence-electron chi connectivity index (χ4n) is 1.81. The predicted molar refractivity (Wildman–Crippen MR) is 84.2 cm³/mol.